The van der Waals surface area contributed by atoms with Gasteiger partial charge < -0.3 is 28.8 Å². The Labute approximate surface area is 215 Å². The molecule has 0 aliphatic rings. The maximum atomic E-state index is 14.0. The molecule has 37 heavy (non-hydrogen) atoms. The summed E-state index contributed by atoms with van der Waals surface area (Å²) in [6.07, 6.45) is 0. The number of carbonyl (C=O) groups is 1. The Morgan fingerprint density at radius 3 is 2.11 bits per heavy atom. The molecule has 1 heterocycles. The number of hydrogen-bond acceptors (Lipinski definition) is 6. The molecule has 0 atom stereocenters. The van der Waals surface area contributed by atoms with E-state index in [9.17, 15) is 9.59 Å². The molecule has 0 spiro atoms. The van der Waals surface area contributed by atoms with Crippen LogP contribution in [0.15, 0.2) is 59.4 Å². The van der Waals surface area contributed by atoms with E-state index in [4.69, 9.17) is 18.9 Å². The Kier molecular flexibility index (Phi) is 7.38. The summed E-state index contributed by atoms with van der Waals surface area (Å²) in [5.41, 5.74) is 3.95. The van der Waals surface area contributed by atoms with Crippen LogP contribution in [0.2, 0.25) is 0 Å². The molecule has 1 amide bonds. The Morgan fingerprint density at radius 1 is 0.811 bits per heavy atom. The van der Waals surface area contributed by atoms with Gasteiger partial charge in [-0.25, -0.2) is 0 Å². The largest absolute Gasteiger partial charge is 0.497 e. The molecule has 0 radical (unpaired) electrons. The summed E-state index contributed by atoms with van der Waals surface area (Å²) in [5.74, 6) is 1.46. The van der Waals surface area contributed by atoms with Crippen LogP contribution in [0.4, 0.5) is 5.69 Å². The Balaban J connectivity index is 1.85. The number of carbonyl (C=O) groups excluding carboxylic acids is 1. The lowest BCUT2D eigenvalue weighted by molar-refractivity contribution is 0.0984. The van der Waals surface area contributed by atoms with Crippen LogP contribution in [0.1, 0.15) is 27.0 Å². The fourth-order valence-electron chi connectivity index (χ4n) is 4.18. The van der Waals surface area contributed by atoms with Crippen LogP contribution >= 0.6 is 0 Å². The minimum absolute atomic E-state index is 0.0421. The first kappa shape index (κ1) is 25.6. The Hall–Kier alpha value is -4.46. The maximum Gasteiger partial charge on any atom is 0.258 e. The number of pyridine rings is 1. The van der Waals surface area contributed by atoms with Gasteiger partial charge in [0.2, 0.25) is 5.75 Å². The van der Waals surface area contributed by atoms with Gasteiger partial charge in [-0.1, -0.05) is 6.07 Å². The molecule has 8 heteroatoms. The third-order valence-electron chi connectivity index (χ3n) is 6.42. The zero-order valence-electron chi connectivity index (χ0n) is 21.8. The van der Waals surface area contributed by atoms with Crippen molar-refractivity contribution in [3.63, 3.8) is 0 Å². The van der Waals surface area contributed by atoms with Crippen molar-refractivity contribution >= 4 is 22.5 Å². The second-order valence-corrected chi connectivity index (χ2v) is 8.65. The number of fused-ring (bicyclic) bond motifs is 1. The maximum absolute atomic E-state index is 14.0. The topological polar surface area (TPSA) is 90.1 Å². The van der Waals surface area contributed by atoms with Crippen molar-refractivity contribution in [3.8, 4) is 23.0 Å². The Morgan fingerprint density at radius 2 is 1.51 bits per heavy atom. The summed E-state index contributed by atoms with van der Waals surface area (Å²) in [4.78, 5) is 31.5. The van der Waals surface area contributed by atoms with Gasteiger partial charge in [0.25, 0.3) is 11.5 Å². The van der Waals surface area contributed by atoms with Crippen LogP contribution in [0.25, 0.3) is 10.9 Å². The second-order valence-electron chi connectivity index (χ2n) is 8.65. The Bertz CT molecular complexity index is 1500. The molecule has 192 valence electrons. The standard InChI is InChI=1S/C29H30N2O6/c1-17-7-8-22(11-18(17)2)31(29(33)20-14-25(35-4)27(37-6)26(15-20)36-5)16-21-12-19-13-23(34-3)9-10-24(19)30-28(21)32/h7-15H,16H2,1-6H3,(H,30,32). The SMILES string of the molecule is COc1ccc2[nH]c(=O)c(CN(C(=O)c3cc(OC)c(OC)c(OC)c3)c3ccc(C)c(C)c3)cc2c1. The molecule has 0 unspecified atom stereocenters. The van der Waals surface area contributed by atoms with Gasteiger partial charge in [-0.15, -0.1) is 0 Å². The highest BCUT2D eigenvalue weighted by molar-refractivity contribution is 6.07. The number of aryl methyl sites for hydroxylation is 2. The second kappa shape index (κ2) is 10.7. The van der Waals surface area contributed by atoms with Gasteiger partial charge in [-0.3, -0.25) is 9.59 Å². The van der Waals surface area contributed by atoms with E-state index in [2.05, 4.69) is 4.98 Å². The lowest BCUT2D eigenvalue weighted by atomic mass is 10.1. The average molecular weight is 503 g/mol. The van der Waals surface area contributed by atoms with E-state index in [1.54, 1.807) is 42.3 Å². The van der Waals surface area contributed by atoms with Crippen molar-refractivity contribution in [3.05, 3.63) is 87.2 Å². The van der Waals surface area contributed by atoms with Crippen LogP contribution in [0.3, 0.4) is 0 Å². The van der Waals surface area contributed by atoms with E-state index in [-0.39, 0.29) is 18.0 Å². The van der Waals surface area contributed by atoms with E-state index in [0.29, 0.717) is 45.3 Å². The number of anilines is 1. The molecular formula is C29H30N2O6. The van der Waals surface area contributed by atoms with Gasteiger partial charge in [0.1, 0.15) is 5.75 Å². The number of H-pyrrole nitrogens is 1. The first-order valence-electron chi connectivity index (χ1n) is 11.7. The molecule has 1 N–H and O–H groups in total. The van der Waals surface area contributed by atoms with Crippen molar-refractivity contribution < 1.29 is 23.7 Å². The summed E-state index contributed by atoms with van der Waals surface area (Å²) < 4.78 is 21.7. The number of benzene rings is 3. The fourth-order valence-corrected chi connectivity index (χ4v) is 4.18. The molecule has 4 rings (SSSR count). The zero-order chi connectivity index (χ0) is 26.7. The van der Waals surface area contributed by atoms with Crippen molar-refractivity contribution in [2.45, 2.75) is 20.4 Å². The number of methoxy groups -OCH3 is 4. The first-order chi connectivity index (χ1) is 17.8. The van der Waals surface area contributed by atoms with Crippen molar-refractivity contribution in [1.82, 2.24) is 4.98 Å². The quantitative estimate of drug-likeness (QED) is 0.364. The summed E-state index contributed by atoms with van der Waals surface area (Å²) in [5, 5.41) is 0.800. The molecule has 8 nitrogen and oxygen atoms in total. The molecule has 0 saturated carbocycles. The van der Waals surface area contributed by atoms with Crippen LogP contribution in [0.5, 0.6) is 23.0 Å². The number of amides is 1. The van der Waals surface area contributed by atoms with E-state index in [1.807, 2.05) is 38.1 Å². The molecule has 3 aromatic carbocycles. The number of aromatic nitrogens is 1. The molecule has 0 aliphatic heterocycles. The van der Waals surface area contributed by atoms with Crippen LogP contribution in [-0.2, 0) is 6.54 Å². The number of hydrogen-bond donors (Lipinski definition) is 1. The lowest BCUT2D eigenvalue weighted by Gasteiger charge is -2.25. The molecule has 0 fully saturated rings. The summed E-state index contributed by atoms with van der Waals surface area (Å²) >= 11 is 0. The normalized spacial score (nSPS) is 10.8. The lowest BCUT2D eigenvalue weighted by Crippen LogP contribution is -2.33. The van der Waals surface area contributed by atoms with E-state index < -0.39 is 0 Å². The van der Waals surface area contributed by atoms with Crippen LogP contribution in [-0.4, -0.2) is 39.3 Å². The zero-order valence-corrected chi connectivity index (χ0v) is 21.8. The van der Waals surface area contributed by atoms with Crippen molar-refractivity contribution in [2.75, 3.05) is 33.3 Å². The minimum Gasteiger partial charge on any atom is -0.497 e. The fraction of sp³-hybridized carbons (Fsp3) is 0.241. The van der Waals surface area contributed by atoms with Gasteiger partial charge in [0.15, 0.2) is 11.5 Å². The highest BCUT2D eigenvalue weighted by Crippen LogP contribution is 2.39. The molecule has 4 aromatic rings. The van der Waals surface area contributed by atoms with E-state index in [1.165, 1.54) is 21.3 Å². The molecule has 0 bridgehead atoms. The first-order valence-corrected chi connectivity index (χ1v) is 11.7. The predicted molar refractivity (Wildman–Crippen MR) is 144 cm³/mol. The highest BCUT2D eigenvalue weighted by Gasteiger charge is 2.24. The van der Waals surface area contributed by atoms with Gasteiger partial charge in [-0.05, 0) is 73.5 Å². The van der Waals surface area contributed by atoms with Gasteiger partial charge in [-0.2, -0.15) is 0 Å². The van der Waals surface area contributed by atoms with E-state index >= 15 is 0 Å². The number of ether oxygens (including phenoxy) is 4. The molecular weight excluding hydrogens is 472 g/mol. The third-order valence-corrected chi connectivity index (χ3v) is 6.42. The van der Waals surface area contributed by atoms with Crippen molar-refractivity contribution in [1.29, 1.82) is 0 Å². The minimum atomic E-state index is -0.326. The van der Waals surface area contributed by atoms with Crippen LogP contribution in [0, 0.1) is 13.8 Å². The molecule has 0 saturated heterocycles. The smallest absolute Gasteiger partial charge is 0.258 e. The van der Waals surface area contributed by atoms with Gasteiger partial charge >= 0.3 is 0 Å². The van der Waals surface area contributed by atoms with Gasteiger partial charge in [0, 0.05) is 27.7 Å². The van der Waals surface area contributed by atoms with Crippen LogP contribution < -0.4 is 29.4 Å². The van der Waals surface area contributed by atoms with Crippen molar-refractivity contribution in [2.24, 2.45) is 0 Å². The number of rotatable bonds is 8. The summed E-state index contributed by atoms with van der Waals surface area (Å²) in [6.45, 7) is 4.03. The summed E-state index contributed by atoms with van der Waals surface area (Å²) in [7, 11) is 6.08. The number of nitrogens with one attached hydrogen (secondary N) is 1. The molecule has 1 aromatic heterocycles. The number of aromatic amines is 1. The highest BCUT2D eigenvalue weighted by atomic mass is 16.5. The van der Waals surface area contributed by atoms with E-state index in [0.717, 1.165) is 16.5 Å². The average Bonchev–Trinajstić information content (AvgIpc) is 2.91. The predicted octanol–water partition coefficient (Wildman–Crippen LogP) is 5.03. The van der Waals surface area contributed by atoms with Gasteiger partial charge in [0.05, 0.1) is 35.0 Å². The third kappa shape index (κ3) is 5.09. The number of nitrogens with zero attached hydrogens (tertiary/aromatic N) is 1. The monoisotopic (exact) mass is 502 g/mol. The molecule has 0 aliphatic carbocycles. The summed E-state index contributed by atoms with van der Waals surface area (Å²) in [6, 6.07) is 16.2.